The predicted octanol–water partition coefficient (Wildman–Crippen LogP) is 3.52. The Labute approximate surface area is 152 Å². The molecule has 26 heavy (non-hydrogen) atoms. The maximum atomic E-state index is 12.4. The molecule has 3 N–H and O–H groups in total. The Balaban J connectivity index is 1.61. The zero-order valence-corrected chi connectivity index (χ0v) is 14.8. The number of fused-ring (bicyclic) bond motifs is 1. The number of benzene rings is 2. The molecule has 0 aliphatic heterocycles. The van der Waals surface area contributed by atoms with Gasteiger partial charge in [0.1, 0.15) is 11.8 Å². The number of H-pyrrole nitrogens is 1. The molecule has 1 heterocycles. The van der Waals surface area contributed by atoms with Gasteiger partial charge in [0.2, 0.25) is 0 Å². The first-order valence-corrected chi connectivity index (χ1v) is 8.51. The number of ether oxygens (including phenoxy) is 1. The Kier molecular flexibility index (Phi) is 5.53. The van der Waals surface area contributed by atoms with E-state index in [1.165, 1.54) is 0 Å². The number of hydrogen-bond donors (Lipinski definition) is 3. The van der Waals surface area contributed by atoms with Gasteiger partial charge in [-0.1, -0.05) is 25.1 Å². The number of aromatic nitrogens is 1. The lowest BCUT2D eigenvalue weighted by molar-refractivity contribution is -0.121. The fourth-order valence-electron chi connectivity index (χ4n) is 2.69. The van der Waals surface area contributed by atoms with E-state index in [4.69, 9.17) is 4.74 Å². The van der Waals surface area contributed by atoms with Crippen molar-refractivity contribution in [2.45, 2.75) is 19.4 Å². The Bertz CT molecular complexity index is 900. The summed E-state index contributed by atoms with van der Waals surface area (Å²) in [7, 11) is 1.62. The van der Waals surface area contributed by atoms with Gasteiger partial charge in [-0.15, -0.1) is 0 Å². The third kappa shape index (κ3) is 4.03. The van der Waals surface area contributed by atoms with Gasteiger partial charge >= 0.3 is 0 Å². The number of hydrogen-bond acceptors (Lipinski definition) is 4. The minimum absolute atomic E-state index is 0.181. The summed E-state index contributed by atoms with van der Waals surface area (Å²) in [6.45, 7) is 1.95. The van der Waals surface area contributed by atoms with Gasteiger partial charge in [-0.2, -0.15) is 5.10 Å². The monoisotopic (exact) mass is 350 g/mol. The molecule has 0 aliphatic rings. The second-order valence-corrected chi connectivity index (χ2v) is 5.86. The van der Waals surface area contributed by atoms with E-state index in [0.717, 1.165) is 27.9 Å². The smallest absolute Gasteiger partial charge is 0.262 e. The van der Waals surface area contributed by atoms with E-state index >= 15 is 0 Å². The Morgan fingerprint density at radius 3 is 2.73 bits per heavy atom. The molecule has 1 aromatic heterocycles. The van der Waals surface area contributed by atoms with E-state index < -0.39 is 0 Å². The molecule has 0 unspecified atom stereocenters. The first kappa shape index (κ1) is 17.5. The summed E-state index contributed by atoms with van der Waals surface area (Å²) >= 11 is 0. The van der Waals surface area contributed by atoms with Gasteiger partial charge < -0.3 is 15.0 Å². The van der Waals surface area contributed by atoms with Crippen LogP contribution >= 0.6 is 0 Å². The number of methoxy groups -OCH3 is 1. The lowest BCUT2D eigenvalue weighted by Crippen LogP contribution is -2.36. The van der Waals surface area contributed by atoms with Crippen molar-refractivity contribution >= 4 is 28.7 Å². The number of nitrogens with one attached hydrogen (secondary N) is 3. The zero-order valence-electron chi connectivity index (χ0n) is 14.8. The van der Waals surface area contributed by atoms with Crippen LogP contribution in [0.1, 0.15) is 18.9 Å². The summed E-state index contributed by atoms with van der Waals surface area (Å²) in [6.07, 6.45) is 4.16. The van der Waals surface area contributed by atoms with Gasteiger partial charge in [0.25, 0.3) is 5.91 Å². The molecule has 6 nitrogen and oxygen atoms in total. The third-order valence-electron chi connectivity index (χ3n) is 4.16. The van der Waals surface area contributed by atoms with Gasteiger partial charge in [0.05, 0.1) is 13.3 Å². The highest BCUT2D eigenvalue weighted by atomic mass is 16.5. The van der Waals surface area contributed by atoms with Crippen LogP contribution in [0.25, 0.3) is 10.9 Å². The standard InChI is InChI=1S/C20H22N4O2/c1-3-18(23-15-8-10-16(26-2)11-9-15)20(25)24-22-13-14-12-21-19-7-5-4-6-17(14)19/h4-13,18,21,23H,3H2,1-2H3,(H,24,25)/t18-/m1/s1. The number of para-hydroxylation sites is 1. The summed E-state index contributed by atoms with van der Waals surface area (Å²) in [4.78, 5) is 15.5. The summed E-state index contributed by atoms with van der Waals surface area (Å²) < 4.78 is 5.14. The van der Waals surface area contributed by atoms with E-state index in [2.05, 4.69) is 20.8 Å². The van der Waals surface area contributed by atoms with E-state index in [-0.39, 0.29) is 11.9 Å². The molecule has 6 heteroatoms. The summed E-state index contributed by atoms with van der Waals surface area (Å²) in [5.74, 6) is 0.593. The minimum atomic E-state index is -0.372. The number of anilines is 1. The molecule has 0 saturated heterocycles. The van der Waals surface area contributed by atoms with Crippen LogP contribution in [0.2, 0.25) is 0 Å². The van der Waals surface area contributed by atoms with Crippen LogP contribution in [0.5, 0.6) is 5.75 Å². The highest BCUT2D eigenvalue weighted by Gasteiger charge is 2.15. The summed E-state index contributed by atoms with van der Waals surface area (Å²) in [6, 6.07) is 15.0. The molecule has 0 radical (unpaired) electrons. The third-order valence-corrected chi connectivity index (χ3v) is 4.16. The van der Waals surface area contributed by atoms with Crippen molar-refractivity contribution in [2.75, 3.05) is 12.4 Å². The molecule has 0 spiro atoms. The number of aromatic amines is 1. The topological polar surface area (TPSA) is 78.5 Å². The second kappa shape index (κ2) is 8.20. The molecule has 3 rings (SSSR count). The van der Waals surface area contributed by atoms with Crippen molar-refractivity contribution in [1.29, 1.82) is 0 Å². The molecule has 0 saturated carbocycles. The average Bonchev–Trinajstić information content (AvgIpc) is 3.09. The molecule has 2 aromatic carbocycles. The van der Waals surface area contributed by atoms with Crippen molar-refractivity contribution in [3.8, 4) is 5.75 Å². The molecule has 0 fully saturated rings. The fraction of sp³-hybridized carbons (Fsp3) is 0.200. The summed E-state index contributed by atoms with van der Waals surface area (Å²) in [5, 5.41) is 8.37. The van der Waals surface area contributed by atoms with Crippen LogP contribution in [0.3, 0.4) is 0 Å². The molecule has 134 valence electrons. The molecular formula is C20H22N4O2. The van der Waals surface area contributed by atoms with Gasteiger partial charge in [0, 0.05) is 28.4 Å². The lowest BCUT2D eigenvalue weighted by Gasteiger charge is -2.16. The number of nitrogens with zero attached hydrogens (tertiary/aromatic N) is 1. The van der Waals surface area contributed by atoms with Crippen LogP contribution < -0.4 is 15.5 Å². The minimum Gasteiger partial charge on any atom is -0.497 e. The Morgan fingerprint density at radius 1 is 1.23 bits per heavy atom. The molecule has 0 bridgehead atoms. The molecular weight excluding hydrogens is 328 g/mol. The fourth-order valence-corrected chi connectivity index (χ4v) is 2.69. The van der Waals surface area contributed by atoms with Gasteiger partial charge in [-0.3, -0.25) is 4.79 Å². The maximum absolute atomic E-state index is 12.4. The number of amides is 1. The van der Waals surface area contributed by atoms with Gasteiger partial charge in [-0.25, -0.2) is 5.43 Å². The number of carbonyl (C=O) groups excluding carboxylic acids is 1. The van der Waals surface area contributed by atoms with Gasteiger partial charge in [0.15, 0.2) is 0 Å². The zero-order chi connectivity index (χ0) is 18.4. The van der Waals surface area contributed by atoms with Crippen molar-refractivity contribution in [1.82, 2.24) is 10.4 Å². The van der Waals surface area contributed by atoms with E-state index in [1.807, 2.05) is 61.7 Å². The largest absolute Gasteiger partial charge is 0.497 e. The quantitative estimate of drug-likeness (QED) is 0.451. The number of hydrazone groups is 1. The predicted molar refractivity (Wildman–Crippen MR) is 105 cm³/mol. The maximum Gasteiger partial charge on any atom is 0.262 e. The van der Waals surface area contributed by atoms with E-state index in [9.17, 15) is 4.79 Å². The second-order valence-electron chi connectivity index (χ2n) is 5.86. The number of carbonyl (C=O) groups is 1. The highest BCUT2D eigenvalue weighted by molar-refractivity contribution is 5.99. The Hall–Kier alpha value is -3.28. The first-order chi connectivity index (χ1) is 12.7. The van der Waals surface area contributed by atoms with Crippen molar-refractivity contribution in [3.05, 3.63) is 60.3 Å². The van der Waals surface area contributed by atoms with Crippen molar-refractivity contribution in [2.24, 2.45) is 5.10 Å². The van der Waals surface area contributed by atoms with Crippen LogP contribution in [0.4, 0.5) is 5.69 Å². The normalized spacial score (nSPS) is 12.2. The van der Waals surface area contributed by atoms with E-state index in [1.54, 1.807) is 13.3 Å². The highest BCUT2D eigenvalue weighted by Crippen LogP contribution is 2.17. The van der Waals surface area contributed by atoms with E-state index in [0.29, 0.717) is 6.42 Å². The van der Waals surface area contributed by atoms with Crippen LogP contribution in [-0.4, -0.2) is 30.3 Å². The average molecular weight is 350 g/mol. The molecule has 1 atom stereocenters. The Morgan fingerprint density at radius 2 is 2.00 bits per heavy atom. The van der Waals surface area contributed by atoms with Crippen LogP contribution in [-0.2, 0) is 4.79 Å². The lowest BCUT2D eigenvalue weighted by atomic mass is 10.2. The molecule has 1 amide bonds. The van der Waals surface area contributed by atoms with Crippen LogP contribution in [0, 0.1) is 0 Å². The molecule has 0 aliphatic carbocycles. The SMILES string of the molecule is CC[C@@H](Nc1ccc(OC)cc1)C(=O)NN=Cc1c[nH]c2ccccc12. The van der Waals surface area contributed by atoms with Crippen molar-refractivity contribution in [3.63, 3.8) is 0 Å². The first-order valence-electron chi connectivity index (χ1n) is 8.51. The molecule has 3 aromatic rings. The van der Waals surface area contributed by atoms with Gasteiger partial charge in [-0.05, 0) is 36.8 Å². The van der Waals surface area contributed by atoms with Crippen molar-refractivity contribution < 1.29 is 9.53 Å². The summed E-state index contributed by atoms with van der Waals surface area (Å²) in [5.41, 5.74) is 5.43. The number of rotatable bonds is 7. The van der Waals surface area contributed by atoms with Crippen LogP contribution in [0.15, 0.2) is 59.8 Å².